The van der Waals surface area contributed by atoms with Crippen LogP contribution in [0.25, 0.3) is 0 Å². The van der Waals surface area contributed by atoms with Crippen molar-refractivity contribution in [1.82, 2.24) is 0 Å². The molecular weight excluding hydrogens is 224 g/mol. The molecule has 1 heterocycles. The molecule has 1 unspecified atom stereocenters. The van der Waals surface area contributed by atoms with Crippen LogP contribution >= 0.6 is 0 Å². The fourth-order valence-electron chi connectivity index (χ4n) is 2.67. The predicted octanol–water partition coefficient (Wildman–Crippen LogP) is 2.54. The summed E-state index contributed by atoms with van der Waals surface area (Å²) in [5, 5.41) is 0. The number of nitrogens with zero attached hydrogens (tertiary/aromatic N) is 1. The Hall–Kier alpha value is -1.06. The Morgan fingerprint density at radius 2 is 2.11 bits per heavy atom. The van der Waals surface area contributed by atoms with Crippen LogP contribution in [0.3, 0.4) is 0 Å². The normalized spacial score (nSPS) is 22.1. The zero-order valence-corrected chi connectivity index (χ0v) is 11.6. The maximum Gasteiger partial charge on any atom is 0.0758 e. The summed E-state index contributed by atoms with van der Waals surface area (Å²) in [7, 11) is 2.11. The van der Waals surface area contributed by atoms with E-state index < -0.39 is 0 Å². The molecule has 1 atom stereocenters. The van der Waals surface area contributed by atoms with Crippen molar-refractivity contribution in [2.24, 2.45) is 5.73 Å². The minimum atomic E-state index is 0.0406. The molecule has 0 radical (unpaired) electrons. The van der Waals surface area contributed by atoms with Crippen LogP contribution < -0.4 is 10.6 Å². The van der Waals surface area contributed by atoms with Crippen molar-refractivity contribution in [1.29, 1.82) is 0 Å². The third-order valence-corrected chi connectivity index (χ3v) is 3.65. The number of rotatable bonds is 4. The molecule has 2 N–H and O–H groups in total. The molecule has 1 aliphatic rings. The lowest BCUT2D eigenvalue weighted by Gasteiger charge is -2.26. The monoisotopic (exact) mass is 248 g/mol. The molecule has 0 aliphatic carbocycles. The van der Waals surface area contributed by atoms with E-state index in [1.165, 1.54) is 11.3 Å². The SMILES string of the molecule is CN(CC1CCC(C)(C)O1)c1ccccc1CN. The van der Waals surface area contributed by atoms with Crippen molar-refractivity contribution in [3.63, 3.8) is 0 Å². The standard InChI is InChI=1S/C15H24N2O/c1-15(2)9-8-13(18-15)11-17(3)14-7-5-4-6-12(14)10-16/h4-7,13H,8-11,16H2,1-3H3. The van der Waals surface area contributed by atoms with E-state index in [9.17, 15) is 0 Å². The first-order valence-electron chi connectivity index (χ1n) is 6.69. The summed E-state index contributed by atoms with van der Waals surface area (Å²) in [6, 6.07) is 8.31. The molecule has 0 saturated carbocycles. The van der Waals surface area contributed by atoms with E-state index >= 15 is 0 Å². The first-order chi connectivity index (χ1) is 8.52. The second kappa shape index (κ2) is 5.29. The van der Waals surface area contributed by atoms with Crippen LogP contribution in [-0.2, 0) is 11.3 Å². The van der Waals surface area contributed by atoms with Crippen molar-refractivity contribution in [3.8, 4) is 0 Å². The Labute approximate surface area is 110 Å². The van der Waals surface area contributed by atoms with E-state index in [0.717, 1.165) is 19.4 Å². The molecule has 18 heavy (non-hydrogen) atoms. The van der Waals surface area contributed by atoms with Gasteiger partial charge in [0.05, 0.1) is 11.7 Å². The van der Waals surface area contributed by atoms with Gasteiger partial charge in [-0.05, 0) is 38.3 Å². The minimum absolute atomic E-state index is 0.0406. The van der Waals surface area contributed by atoms with Gasteiger partial charge in [-0.15, -0.1) is 0 Å². The molecule has 0 aromatic heterocycles. The average molecular weight is 248 g/mol. The highest BCUT2D eigenvalue weighted by Gasteiger charge is 2.32. The lowest BCUT2D eigenvalue weighted by atomic mass is 10.1. The second-order valence-electron chi connectivity index (χ2n) is 5.75. The summed E-state index contributed by atoms with van der Waals surface area (Å²) in [5.41, 5.74) is 8.23. The van der Waals surface area contributed by atoms with Gasteiger partial charge in [-0.1, -0.05) is 18.2 Å². The number of benzene rings is 1. The molecule has 0 bridgehead atoms. The van der Waals surface area contributed by atoms with Gasteiger partial charge in [-0.2, -0.15) is 0 Å². The molecule has 1 saturated heterocycles. The summed E-state index contributed by atoms with van der Waals surface area (Å²) in [6.45, 7) is 5.85. The largest absolute Gasteiger partial charge is 0.372 e. The van der Waals surface area contributed by atoms with Crippen molar-refractivity contribution < 1.29 is 4.74 Å². The van der Waals surface area contributed by atoms with E-state index in [-0.39, 0.29) is 5.60 Å². The number of nitrogens with two attached hydrogens (primary N) is 1. The van der Waals surface area contributed by atoms with Gasteiger partial charge in [0.1, 0.15) is 0 Å². The van der Waals surface area contributed by atoms with Gasteiger partial charge in [-0.25, -0.2) is 0 Å². The Bertz CT molecular complexity index is 403. The Morgan fingerprint density at radius 3 is 2.72 bits per heavy atom. The van der Waals surface area contributed by atoms with Gasteiger partial charge >= 0.3 is 0 Å². The topological polar surface area (TPSA) is 38.5 Å². The van der Waals surface area contributed by atoms with E-state index in [4.69, 9.17) is 10.5 Å². The van der Waals surface area contributed by atoms with E-state index in [1.54, 1.807) is 0 Å². The van der Waals surface area contributed by atoms with Gasteiger partial charge in [0.15, 0.2) is 0 Å². The molecule has 3 heteroatoms. The molecule has 0 amide bonds. The summed E-state index contributed by atoms with van der Waals surface area (Å²) in [6.07, 6.45) is 2.61. The lowest BCUT2D eigenvalue weighted by molar-refractivity contribution is -0.0111. The first kappa shape index (κ1) is 13.4. The van der Waals surface area contributed by atoms with Crippen LogP contribution in [0, 0.1) is 0 Å². The minimum Gasteiger partial charge on any atom is -0.372 e. The highest BCUT2D eigenvalue weighted by Crippen LogP contribution is 2.30. The van der Waals surface area contributed by atoms with Gasteiger partial charge in [0.25, 0.3) is 0 Å². The van der Waals surface area contributed by atoms with Crippen molar-refractivity contribution >= 4 is 5.69 Å². The van der Waals surface area contributed by atoms with Crippen LogP contribution in [0.4, 0.5) is 5.69 Å². The highest BCUT2D eigenvalue weighted by molar-refractivity contribution is 5.53. The average Bonchev–Trinajstić information content (AvgIpc) is 2.68. The maximum atomic E-state index is 6.04. The molecule has 1 aromatic rings. The summed E-state index contributed by atoms with van der Waals surface area (Å²) < 4.78 is 6.04. The van der Waals surface area contributed by atoms with Crippen molar-refractivity contribution in [2.45, 2.75) is 44.9 Å². The van der Waals surface area contributed by atoms with Crippen molar-refractivity contribution in [3.05, 3.63) is 29.8 Å². The Balaban J connectivity index is 2.02. The molecule has 1 aromatic carbocycles. The summed E-state index contributed by atoms with van der Waals surface area (Å²) >= 11 is 0. The van der Waals surface area contributed by atoms with Gasteiger partial charge in [-0.3, -0.25) is 0 Å². The maximum absolute atomic E-state index is 6.04. The summed E-state index contributed by atoms with van der Waals surface area (Å²) in [4.78, 5) is 2.26. The fourth-order valence-corrected chi connectivity index (χ4v) is 2.67. The van der Waals surface area contributed by atoms with Crippen molar-refractivity contribution in [2.75, 3.05) is 18.5 Å². The summed E-state index contributed by atoms with van der Waals surface area (Å²) in [5.74, 6) is 0. The number of likely N-dealkylation sites (N-methyl/N-ethyl adjacent to an activating group) is 1. The van der Waals surface area contributed by atoms with Gasteiger partial charge < -0.3 is 15.4 Å². The third-order valence-electron chi connectivity index (χ3n) is 3.65. The molecule has 1 fully saturated rings. The zero-order chi connectivity index (χ0) is 13.2. The Kier molecular flexibility index (Phi) is 3.93. The molecule has 2 rings (SSSR count). The quantitative estimate of drug-likeness (QED) is 0.890. The number of ether oxygens (including phenoxy) is 1. The van der Waals surface area contributed by atoms with E-state index in [1.807, 2.05) is 6.07 Å². The van der Waals surface area contributed by atoms with Crippen LogP contribution in [0.1, 0.15) is 32.3 Å². The molecule has 100 valence electrons. The predicted molar refractivity (Wildman–Crippen MR) is 75.8 cm³/mol. The van der Waals surface area contributed by atoms with Crippen LogP contribution in [0.15, 0.2) is 24.3 Å². The smallest absolute Gasteiger partial charge is 0.0758 e. The lowest BCUT2D eigenvalue weighted by Crippen LogP contribution is -2.31. The number of hydrogen-bond acceptors (Lipinski definition) is 3. The number of anilines is 1. The van der Waals surface area contributed by atoms with Crippen LogP contribution in [0.2, 0.25) is 0 Å². The van der Waals surface area contributed by atoms with E-state index in [0.29, 0.717) is 12.6 Å². The van der Waals surface area contributed by atoms with Crippen LogP contribution in [-0.4, -0.2) is 25.3 Å². The third kappa shape index (κ3) is 3.03. The number of hydrogen-bond donors (Lipinski definition) is 1. The second-order valence-corrected chi connectivity index (χ2v) is 5.75. The first-order valence-corrected chi connectivity index (χ1v) is 6.69. The van der Waals surface area contributed by atoms with Gasteiger partial charge in [0.2, 0.25) is 0 Å². The molecule has 0 spiro atoms. The Morgan fingerprint density at radius 1 is 1.39 bits per heavy atom. The van der Waals surface area contributed by atoms with Crippen LogP contribution in [0.5, 0.6) is 0 Å². The molecule has 1 aliphatic heterocycles. The fraction of sp³-hybridized carbons (Fsp3) is 0.600. The number of para-hydroxylation sites is 1. The van der Waals surface area contributed by atoms with E-state index in [2.05, 4.69) is 44.0 Å². The zero-order valence-electron chi connectivity index (χ0n) is 11.6. The highest BCUT2D eigenvalue weighted by atomic mass is 16.5. The molecular formula is C15H24N2O. The molecule has 3 nitrogen and oxygen atoms in total. The van der Waals surface area contributed by atoms with Gasteiger partial charge in [0, 0.05) is 25.8 Å².